The fraction of sp³-hybridized carbons (Fsp3) is 0.190. The number of Topliss-reactive ketones (excluding diaryl/α,β-unsaturated/α-hetero) is 1. The van der Waals surface area contributed by atoms with Crippen LogP contribution in [0.4, 0.5) is 5.69 Å². The second-order valence-electron chi connectivity index (χ2n) is 6.45. The Morgan fingerprint density at radius 1 is 1.10 bits per heavy atom. The molecule has 1 atom stereocenters. The normalized spacial score (nSPS) is 11.7. The molecule has 0 spiro atoms. The van der Waals surface area contributed by atoms with Gasteiger partial charge in [0.1, 0.15) is 6.54 Å². The maximum absolute atomic E-state index is 12.5. The Morgan fingerprint density at radius 3 is 2.48 bits per heavy atom. The SMILES string of the molecule is CC(=O)Nc1ccc(C(=O)[C@H](C)OC(=O)Cn2cnc3ccccc3c2=O)cc1. The zero-order valence-electron chi connectivity index (χ0n) is 15.9. The van der Waals surface area contributed by atoms with E-state index >= 15 is 0 Å². The third-order valence-electron chi connectivity index (χ3n) is 4.20. The molecular weight excluding hydrogens is 374 g/mol. The van der Waals surface area contributed by atoms with E-state index in [9.17, 15) is 19.2 Å². The topological polar surface area (TPSA) is 107 Å². The van der Waals surface area contributed by atoms with Crippen LogP contribution in [-0.2, 0) is 20.9 Å². The Hall–Kier alpha value is -3.81. The third-order valence-corrected chi connectivity index (χ3v) is 4.20. The zero-order chi connectivity index (χ0) is 21.0. The molecule has 148 valence electrons. The predicted molar refractivity (Wildman–Crippen MR) is 107 cm³/mol. The van der Waals surface area contributed by atoms with Crippen molar-refractivity contribution in [3.05, 3.63) is 70.8 Å². The van der Waals surface area contributed by atoms with Gasteiger partial charge in [0.2, 0.25) is 11.7 Å². The summed E-state index contributed by atoms with van der Waals surface area (Å²) < 4.78 is 6.33. The molecule has 3 rings (SSSR count). The lowest BCUT2D eigenvalue weighted by Gasteiger charge is -2.13. The standard InChI is InChI=1S/C21H19N3O5/c1-13(20(27)15-7-9-16(10-8-15)23-14(2)25)29-19(26)11-24-12-22-18-6-4-3-5-17(18)21(24)28/h3-10,12-13H,11H2,1-2H3,(H,23,25)/t13-/m0/s1. The van der Waals surface area contributed by atoms with Crippen LogP contribution in [0.2, 0.25) is 0 Å². The van der Waals surface area contributed by atoms with Crippen LogP contribution in [0.3, 0.4) is 0 Å². The quantitative estimate of drug-likeness (QED) is 0.508. The number of nitrogens with zero attached hydrogens (tertiary/aromatic N) is 2. The molecule has 0 bridgehead atoms. The number of para-hydroxylation sites is 1. The fourth-order valence-electron chi connectivity index (χ4n) is 2.80. The van der Waals surface area contributed by atoms with Crippen LogP contribution in [0.15, 0.2) is 59.7 Å². The van der Waals surface area contributed by atoms with Crippen molar-refractivity contribution in [2.75, 3.05) is 5.32 Å². The van der Waals surface area contributed by atoms with Gasteiger partial charge in [-0.1, -0.05) is 12.1 Å². The van der Waals surface area contributed by atoms with Crippen LogP contribution in [-0.4, -0.2) is 33.3 Å². The Morgan fingerprint density at radius 2 is 1.79 bits per heavy atom. The smallest absolute Gasteiger partial charge is 0.326 e. The molecule has 0 saturated heterocycles. The van der Waals surface area contributed by atoms with Gasteiger partial charge in [-0.25, -0.2) is 4.98 Å². The minimum absolute atomic E-state index is 0.218. The molecule has 1 heterocycles. The number of hydrogen-bond donors (Lipinski definition) is 1. The summed E-state index contributed by atoms with van der Waals surface area (Å²) >= 11 is 0. The van der Waals surface area contributed by atoms with Crippen molar-refractivity contribution in [1.29, 1.82) is 0 Å². The number of rotatable bonds is 6. The van der Waals surface area contributed by atoms with Gasteiger partial charge >= 0.3 is 5.97 Å². The number of fused-ring (bicyclic) bond motifs is 1. The number of esters is 1. The monoisotopic (exact) mass is 393 g/mol. The van der Waals surface area contributed by atoms with E-state index in [2.05, 4.69) is 10.3 Å². The molecule has 1 N–H and O–H groups in total. The summed E-state index contributed by atoms with van der Waals surface area (Å²) in [6, 6.07) is 13.1. The van der Waals surface area contributed by atoms with Gasteiger partial charge in [-0.15, -0.1) is 0 Å². The van der Waals surface area contributed by atoms with Crippen LogP contribution >= 0.6 is 0 Å². The largest absolute Gasteiger partial charge is 0.453 e. The predicted octanol–water partition coefficient (Wildman–Crippen LogP) is 2.17. The fourth-order valence-corrected chi connectivity index (χ4v) is 2.80. The van der Waals surface area contributed by atoms with Crippen molar-refractivity contribution < 1.29 is 19.1 Å². The number of ketones is 1. The number of ether oxygens (including phenoxy) is 1. The maximum Gasteiger partial charge on any atom is 0.326 e. The zero-order valence-corrected chi connectivity index (χ0v) is 15.9. The molecule has 0 saturated carbocycles. The molecule has 0 fully saturated rings. The lowest BCUT2D eigenvalue weighted by atomic mass is 10.1. The van der Waals surface area contributed by atoms with Crippen LogP contribution in [0.5, 0.6) is 0 Å². The van der Waals surface area contributed by atoms with Gasteiger partial charge < -0.3 is 10.1 Å². The van der Waals surface area contributed by atoms with Crippen molar-refractivity contribution in [3.8, 4) is 0 Å². The van der Waals surface area contributed by atoms with E-state index < -0.39 is 17.9 Å². The van der Waals surface area contributed by atoms with E-state index in [1.54, 1.807) is 36.4 Å². The number of amides is 1. The molecule has 29 heavy (non-hydrogen) atoms. The average molecular weight is 393 g/mol. The summed E-state index contributed by atoms with van der Waals surface area (Å²) in [5, 5.41) is 3.00. The first-order chi connectivity index (χ1) is 13.8. The Kier molecular flexibility index (Phi) is 5.82. The van der Waals surface area contributed by atoms with Crippen LogP contribution in [0.25, 0.3) is 10.9 Å². The van der Waals surface area contributed by atoms with Gasteiger partial charge in [0.05, 0.1) is 17.2 Å². The first kappa shape index (κ1) is 19.9. The van der Waals surface area contributed by atoms with Crippen molar-refractivity contribution in [2.45, 2.75) is 26.5 Å². The van der Waals surface area contributed by atoms with E-state index in [1.807, 2.05) is 0 Å². The van der Waals surface area contributed by atoms with Crippen LogP contribution < -0.4 is 10.9 Å². The molecule has 0 aliphatic heterocycles. The second kappa shape index (κ2) is 8.47. The van der Waals surface area contributed by atoms with E-state index in [0.717, 1.165) is 4.57 Å². The Bertz CT molecular complexity index is 1140. The highest BCUT2D eigenvalue weighted by Gasteiger charge is 2.20. The first-order valence-corrected chi connectivity index (χ1v) is 8.90. The molecule has 2 aromatic carbocycles. The lowest BCUT2D eigenvalue weighted by Crippen LogP contribution is -2.30. The highest BCUT2D eigenvalue weighted by molar-refractivity contribution is 6.00. The van der Waals surface area contributed by atoms with Gasteiger partial charge in [0.15, 0.2) is 6.10 Å². The van der Waals surface area contributed by atoms with Gasteiger partial charge in [-0.2, -0.15) is 0 Å². The third kappa shape index (κ3) is 4.73. The van der Waals surface area contributed by atoms with Gasteiger partial charge in [-0.3, -0.25) is 23.7 Å². The summed E-state index contributed by atoms with van der Waals surface area (Å²) in [6.45, 7) is 2.50. The highest BCUT2D eigenvalue weighted by Crippen LogP contribution is 2.13. The number of benzene rings is 2. The molecule has 3 aromatic rings. The van der Waals surface area contributed by atoms with E-state index in [1.165, 1.54) is 32.3 Å². The van der Waals surface area contributed by atoms with Gasteiger partial charge in [0.25, 0.3) is 5.56 Å². The van der Waals surface area contributed by atoms with Crippen molar-refractivity contribution in [1.82, 2.24) is 9.55 Å². The number of carbonyl (C=O) groups excluding carboxylic acids is 3. The molecule has 0 radical (unpaired) electrons. The lowest BCUT2D eigenvalue weighted by molar-refractivity contribution is -0.147. The van der Waals surface area contributed by atoms with Gasteiger partial charge in [0, 0.05) is 18.2 Å². The molecular formula is C21H19N3O5. The Labute approximate surface area is 166 Å². The molecule has 8 heteroatoms. The number of aromatic nitrogens is 2. The molecule has 0 aliphatic carbocycles. The first-order valence-electron chi connectivity index (χ1n) is 8.90. The summed E-state index contributed by atoms with van der Waals surface area (Å²) in [4.78, 5) is 52.3. The number of carbonyl (C=O) groups is 3. The highest BCUT2D eigenvalue weighted by atomic mass is 16.5. The van der Waals surface area contributed by atoms with Crippen molar-refractivity contribution >= 4 is 34.3 Å². The number of nitrogens with one attached hydrogen (secondary N) is 1. The van der Waals surface area contributed by atoms with E-state index in [0.29, 0.717) is 22.2 Å². The molecule has 1 aromatic heterocycles. The molecule has 0 aliphatic rings. The van der Waals surface area contributed by atoms with Gasteiger partial charge in [-0.05, 0) is 43.3 Å². The minimum atomic E-state index is -1.03. The van der Waals surface area contributed by atoms with Crippen molar-refractivity contribution in [3.63, 3.8) is 0 Å². The summed E-state index contributed by atoms with van der Waals surface area (Å²) in [5.74, 6) is -1.33. The Balaban J connectivity index is 1.66. The molecule has 0 unspecified atom stereocenters. The molecule has 1 amide bonds. The van der Waals surface area contributed by atoms with E-state index in [4.69, 9.17) is 4.74 Å². The summed E-state index contributed by atoms with van der Waals surface area (Å²) in [5.41, 5.74) is 1.07. The van der Waals surface area contributed by atoms with E-state index in [-0.39, 0.29) is 18.0 Å². The number of hydrogen-bond acceptors (Lipinski definition) is 6. The number of anilines is 1. The molecule has 8 nitrogen and oxygen atoms in total. The minimum Gasteiger partial charge on any atom is -0.453 e. The summed E-state index contributed by atoms with van der Waals surface area (Å²) in [6.07, 6.45) is 0.248. The summed E-state index contributed by atoms with van der Waals surface area (Å²) in [7, 11) is 0. The maximum atomic E-state index is 12.5. The van der Waals surface area contributed by atoms with Crippen LogP contribution in [0.1, 0.15) is 24.2 Å². The average Bonchev–Trinajstić information content (AvgIpc) is 2.70. The second-order valence-corrected chi connectivity index (χ2v) is 6.45. The van der Waals surface area contributed by atoms with Crippen molar-refractivity contribution in [2.24, 2.45) is 0 Å². The van der Waals surface area contributed by atoms with Crippen LogP contribution in [0, 0.1) is 0 Å².